The van der Waals surface area contributed by atoms with E-state index in [1.54, 1.807) is 6.21 Å². The quantitative estimate of drug-likeness (QED) is 0.892. The molecule has 2 N–H and O–H groups in total. The molecule has 1 aliphatic heterocycles. The summed E-state index contributed by atoms with van der Waals surface area (Å²) in [6.45, 7) is 0.297. The van der Waals surface area contributed by atoms with Crippen LogP contribution in [0, 0.1) is 0 Å². The number of aromatic hydroxyl groups is 1. The molecule has 0 atom stereocenters. The highest BCUT2D eigenvalue weighted by molar-refractivity contribution is 6.31. The number of benzene rings is 1. The largest absolute Gasteiger partial charge is 0.507 e. The van der Waals surface area contributed by atoms with Gasteiger partial charge in [0.15, 0.2) is 0 Å². The number of nitrogens with zero attached hydrogens (tertiary/aromatic N) is 1. The smallest absolute Gasteiger partial charge is 0.255 e. The first-order valence-corrected chi connectivity index (χ1v) is 6.19. The van der Waals surface area contributed by atoms with Crippen LogP contribution in [0.3, 0.4) is 0 Å². The van der Waals surface area contributed by atoms with Crippen LogP contribution in [0.15, 0.2) is 47.1 Å². The van der Waals surface area contributed by atoms with Gasteiger partial charge in [-0.1, -0.05) is 23.8 Å². The molecule has 0 bridgehead atoms. The molecule has 1 heterocycles. The molecule has 0 unspecified atom stereocenters. The van der Waals surface area contributed by atoms with Crippen molar-refractivity contribution in [3.8, 4) is 5.75 Å². The molecule has 0 spiro atoms. The lowest BCUT2D eigenvalue weighted by molar-refractivity contribution is 0.0954. The standard InChI is InChI=1S/C14H13ClN2O2/c15-10-5-6-13(18)12(8-10)14(19)17-9-11-4-2-1-3-7-16-11/h1-2,4-8,18H,3,9H2,(H,17,19). The average Bonchev–Trinajstić information content (AvgIpc) is 2.67. The highest BCUT2D eigenvalue weighted by Gasteiger charge is 2.11. The van der Waals surface area contributed by atoms with E-state index in [2.05, 4.69) is 10.3 Å². The Morgan fingerprint density at radius 3 is 3.16 bits per heavy atom. The average molecular weight is 277 g/mol. The molecule has 0 aliphatic carbocycles. The van der Waals surface area contributed by atoms with Gasteiger partial charge in [0.05, 0.1) is 17.8 Å². The number of phenolic OH excluding ortho intramolecular Hbond substituents is 1. The lowest BCUT2D eigenvalue weighted by atomic mass is 10.2. The number of hydrogen-bond donors (Lipinski definition) is 2. The molecule has 4 nitrogen and oxygen atoms in total. The van der Waals surface area contributed by atoms with Crippen molar-refractivity contribution in [1.82, 2.24) is 5.32 Å². The normalized spacial score (nSPS) is 13.8. The van der Waals surface area contributed by atoms with Crippen molar-refractivity contribution in [2.24, 2.45) is 4.99 Å². The fourth-order valence-electron chi connectivity index (χ4n) is 1.59. The Morgan fingerprint density at radius 1 is 1.47 bits per heavy atom. The molecular weight excluding hydrogens is 264 g/mol. The Labute approximate surface area is 116 Å². The fourth-order valence-corrected chi connectivity index (χ4v) is 1.76. The summed E-state index contributed by atoms with van der Waals surface area (Å²) in [5.74, 6) is -0.482. The third kappa shape index (κ3) is 3.69. The molecule has 0 saturated heterocycles. The second kappa shape index (κ2) is 6.20. The minimum Gasteiger partial charge on any atom is -0.507 e. The van der Waals surface area contributed by atoms with Crippen LogP contribution in [0.5, 0.6) is 5.75 Å². The first kappa shape index (κ1) is 13.4. The Hall–Kier alpha value is -2.07. The van der Waals surface area contributed by atoms with E-state index >= 15 is 0 Å². The van der Waals surface area contributed by atoms with Crippen LogP contribution in [-0.2, 0) is 0 Å². The van der Waals surface area contributed by atoms with Crippen molar-refractivity contribution >= 4 is 23.7 Å². The van der Waals surface area contributed by atoms with Crippen molar-refractivity contribution in [3.63, 3.8) is 0 Å². The Balaban J connectivity index is 2.03. The van der Waals surface area contributed by atoms with E-state index in [-0.39, 0.29) is 17.2 Å². The molecule has 1 amide bonds. The van der Waals surface area contributed by atoms with Crippen molar-refractivity contribution in [3.05, 3.63) is 52.7 Å². The molecule has 98 valence electrons. The van der Waals surface area contributed by atoms with Crippen molar-refractivity contribution < 1.29 is 9.90 Å². The van der Waals surface area contributed by atoms with Gasteiger partial charge in [0.25, 0.3) is 5.91 Å². The second-order valence-corrected chi connectivity index (χ2v) is 4.41. The second-order valence-electron chi connectivity index (χ2n) is 3.98. The molecule has 1 aromatic rings. The number of halogens is 1. The van der Waals surface area contributed by atoms with Gasteiger partial charge in [-0.25, -0.2) is 0 Å². The third-order valence-electron chi connectivity index (χ3n) is 2.56. The highest BCUT2D eigenvalue weighted by atomic mass is 35.5. The summed E-state index contributed by atoms with van der Waals surface area (Å²) in [6, 6.07) is 4.34. The van der Waals surface area contributed by atoms with Crippen LogP contribution >= 0.6 is 11.6 Å². The maximum Gasteiger partial charge on any atom is 0.255 e. The first-order chi connectivity index (χ1) is 9.16. The number of allylic oxidation sites excluding steroid dienone is 3. The third-order valence-corrected chi connectivity index (χ3v) is 2.79. The molecule has 0 aromatic heterocycles. The maximum absolute atomic E-state index is 11.9. The zero-order valence-corrected chi connectivity index (χ0v) is 10.9. The van der Waals surface area contributed by atoms with Crippen LogP contribution in [0.25, 0.3) is 0 Å². The molecule has 0 saturated carbocycles. The van der Waals surface area contributed by atoms with Gasteiger partial charge in [-0.3, -0.25) is 9.79 Å². The van der Waals surface area contributed by atoms with E-state index in [9.17, 15) is 9.90 Å². The van der Waals surface area contributed by atoms with Gasteiger partial charge in [0, 0.05) is 17.7 Å². The number of carbonyl (C=O) groups excluding carboxylic acids is 1. The zero-order valence-electron chi connectivity index (χ0n) is 10.1. The monoisotopic (exact) mass is 276 g/mol. The minimum atomic E-state index is -0.385. The van der Waals surface area contributed by atoms with Crippen LogP contribution < -0.4 is 5.32 Å². The summed E-state index contributed by atoms with van der Waals surface area (Å²) in [4.78, 5) is 16.1. The molecule has 1 aliphatic rings. The lowest BCUT2D eigenvalue weighted by Gasteiger charge is -2.07. The minimum absolute atomic E-state index is 0.0971. The number of nitrogens with one attached hydrogen (secondary N) is 1. The topological polar surface area (TPSA) is 61.7 Å². The van der Waals surface area contributed by atoms with E-state index in [1.807, 2.05) is 18.2 Å². The molecule has 1 aromatic carbocycles. The first-order valence-electron chi connectivity index (χ1n) is 5.82. The summed E-state index contributed by atoms with van der Waals surface area (Å²) in [5, 5.41) is 12.7. The Bertz CT molecular complexity index is 577. The predicted molar refractivity (Wildman–Crippen MR) is 75.8 cm³/mol. The van der Waals surface area contributed by atoms with Crippen molar-refractivity contribution in [2.75, 3.05) is 6.54 Å². The lowest BCUT2D eigenvalue weighted by Crippen LogP contribution is -2.25. The van der Waals surface area contributed by atoms with Crippen LogP contribution in [0.4, 0.5) is 0 Å². The van der Waals surface area contributed by atoms with Gasteiger partial charge in [-0.2, -0.15) is 0 Å². The number of amides is 1. The van der Waals surface area contributed by atoms with E-state index < -0.39 is 0 Å². The number of rotatable bonds is 3. The van der Waals surface area contributed by atoms with E-state index in [4.69, 9.17) is 11.6 Å². The number of phenols is 1. The molecule has 2 rings (SSSR count). The summed E-state index contributed by atoms with van der Waals surface area (Å²) in [6.07, 6.45) is 8.26. The van der Waals surface area contributed by atoms with Gasteiger partial charge in [0.1, 0.15) is 5.75 Å². The highest BCUT2D eigenvalue weighted by Crippen LogP contribution is 2.21. The van der Waals surface area contributed by atoms with Gasteiger partial charge >= 0.3 is 0 Å². The number of hydrogen-bond acceptors (Lipinski definition) is 3. The Morgan fingerprint density at radius 2 is 2.32 bits per heavy atom. The SMILES string of the molecule is O=C(NCC1=CC=CCC=N1)c1cc(Cl)ccc1O. The molecule has 19 heavy (non-hydrogen) atoms. The van der Waals surface area contributed by atoms with Crippen LogP contribution in [0.1, 0.15) is 16.8 Å². The predicted octanol–water partition coefficient (Wildman–Crippen LogP) is 2.69. The van der Waals surface area contributed by atoms with Crippen molar-refractivity contribution in [2.45, 2.75) is 6.42 Å². The Kier molecular flexibility index (Phi) is 4.36. The van der Waals surface area contributed by atoms with E-state index in [0.717, 1.165) is 12.1 Å². The summed E-state index contributed by atoms with van der Waals surface area (Å²) < 4.78 is 0. The number of aliphatic imine (C=N–C) groups is 1. The summed E-state index contributed by atoms with van der Waals surface area (Å²) >= 11 is 5.80. The van der Waals surface area contributed by atoms with E-state index in [1.165, 1.54) is 18.2 Å². The summed E-state index contributed by atoms with van der Waals surface area (Å²) in [5.41, 5.74) is 0.907. The van der Waals surface area contributed by atoms with Gasteiger partial charge in [-0.15, -0.1) is 0 Å². The molecule has 0 fully saturated rings. The maximum atomic E-state index is 11.9. The molecule has 5 heteroatoms. The zero-order chi connectivity index (χ0) is 13.7. The molecular formula is C14H13ClN2O2. The van der Waals surface area contributed by atoms with Gasteiger partial charge in [0.2, 0.25) is 0 Å². The van der Waals surface area contributed by atoms with Crippen molar-refractivity contribution in [1.29, 1.82) is 0 Å². The van der Waals surface area contributed by atoms with Gasteiger partial charge < -0.3 is 10.4 Å². The van der Waals surface area contributed by atoms with Crippen LogP contribution in [-0.4, -0.2) is 23.8 Å². The molecule has 0 radical (unpaired) electrons. The van der Waals surface area contributed by atoms with Gasteiger partial charge in [-0.05, 0) is 24.3 Å². The van der Waals surface area contributed by atoms with E-state index in [0.29, 0.717) is 11.6 Å². The summed E-state index contributed by atoms with van der Waals surface area (Å²) in [7, 11) is 0. The number of carbonyl (C=O) groups is 1. The van der Waals surface area contributed by atoms with Crippen LogP contribution in [0.2, 0.25) is 5.02 Å². The fraction of sp³-hybridized carbons (Fsp3) is 0.143.